The lowest BCUT2D eigenvalue weighted by molar-refractivity contribution is 0.0928. The highest BCUT2D eigenvalue weighted by Gasteiger charge is 2.18. The number of aryl methyl sites for hydroxylation is 2. The van der Waals surface area contributed by atoms with Gasteiger partial charge in [-0.05, 0) is 31.0 Å². The van der Waals surface area contributed by atoms with Crippen LogP contribution in [0.2, 0.25) is 0 Å². The number of imidazole rings is 1. The van der Waals surface area contributed by atoms with Crippen molar-refractivity contribution in [1.82, 2.24) is 29.9 Å². The van der Waals surface area contributed by atoms with Gasteiger partial charge in [-0.15, -0.1) is 5.10 Å². The van der Waals surface area contributed by atoms with Gasteiger partial charge < -0.3 is 9.88 Å². The quantitative estimate of drug-likeness (QED) is 0.528. The molecule has 2 aromatic heterocycles. The molecule has 0 spiro atoms. The van der Waals surface area contributed by atoms with E-state index in [2.05, 4.69) is 25.2 Å². The van der Waals surface area contributed by atoms with Gasteiger partial charge >= 0.3 is 0 Å². The first-order valence-electron chi connectivity index (χ1n) is 9.52. The molecule has 4 aromatic rings. The van der Waals surface area contributed by atoms with E-state index in [1.807, 2.05) is 73.8 Å². The predicted octanol–water partition coefficient (Wildman–Crippen LogP) is 3.33. The van der Waals surface area contributed by atoms with E-state index in [0.717, 1.165) is 30.0 Å². The number of benzene rings is 2. The molecule has 1 amide bonds. The van der Waals surface area contributed by atoms with Crippen LogP contribution in [0, 0.1) is 6.92 Å². The van der Waals surface area contributed by atoms with Crippen LogP contribution < -0.4 is 5.32 Å². The molecule has 2 heterocycles. The highest BCUT2D eigenvalue weighted by Crippen LogP contribution is 2.19. The van der Waals surface area contributed by atoms with Crippen molar-refractivity contribution in [2.75, 3.05) is 0 Å². The van der Waals surface area contributed by atoms with E-state index in [-0.39, 0.29) is 17.6 Å². The number of carbonyl (C=O) groups excluding carboxylic acids is 1. The summed E-state index contributed by atoms with van der Waals surface area (Å²) in [7, 11) is 0. The number of rotatable bonds is 7. The molecule has 0 aliphatic heterocycles. The minimum absolute atomic E-state index is 0.146. The lowest BCUT2D eigenvalue weighted by Crippen LogP contribution is -2.29. The molecule has 146 valence electrons. The molecule has 0 radical (unpaired) electrons. The molecule has 1 atom stereocenters. The van der Waals surface area contributed by atoms with Crippen LogP contribution in [0.25, 0.3) is 5.69 Å². The normalized spacial score (nSPS) is 11.9. The van der Waals surface area contributed by atoms with Crippen LogP contribution >= 0.6 is 0 Å². The summed E-state index contributed by atoms with van der Waals surface area (Å²) in [6, 6.07) is 19.4. The average Bonchev–Trinajstić information content (AvgIpc) is 3.42. The van der Waals surface area contributed by atoms with Crippen LogP contribution in [-0.4, -0.2) is 30.5 Å². The molecule has 2 aromatic carbocycles. The molecule has 0 saturated carbocycles. The fraction of sp³-hybridized carbons (Fsp3) is 0.182. The predicted molar refractivity (Wildman–Crippen MR) is 110 cm³/mol. The average molecular weight is 386 g/mol. The van der Waals surface area contributed by atoms with Crippen molar-refractivity contribution in [3.63, 3.8) is 0 Å². The fourth-order valence-electron chi connectivity index (χ4n) is 3.22. The zero-order chi connectivity index (χ0) is 20.1. The third kappa shape index (κ3) is 4.40. The van der Waals surface area contributed by atoms with Gasteiger partial charge in [-0.3, -0.25) is 4.79 Å². The molecule has 29 heavy (non-hydrogen) atoms. The maximum atomic E-state index is 12.9. The van der Waals surface area contributed by atoms with Crippen LogP contribution in [-0.2, 0) is 6.54 Å². The lowest BCUT2D eigenvalue weighted by Gasteiger charge is -2.19. The Balaban J connectivity index is 1.50. The molecule has 0 unspecified atom stereocenters. The van der Waals surface area contributed by atoms with Gasteiger partial charge in [0.15, 0.2) is 5.69 Å². The van der Waals surface area contributed by atoms with E-state index in [1.165, 1.54) is 0 Å². The van der Waals surface area contributed by atoms with Crippen LogP contribution in [0.4, 0.5) is 0 Å². The van der Waals surface area contributed by atoms with E-state index < -0.39 is 0 Å². The van der Waals surface area contributed by atoms with Crippen LogP contribution in [0.1, 0.15) is 34.3 Å². The molecule has 1 N–H and O–H groups in total. The van der Waals surface area contributed by atoms with Crippen LogP contribution in [0.5, 0.6) is 0 Å². The number of carbonyl (C=O) groups is 1. The second-order valence-electron chi connectivity index (χ2n) is 6.78. The second-order valence-corrected chi connectivity index (χ2v) is 6.78. The van der Waals surface area contributed by atoms with Crippen molar-refractivity contribution in [3.8, 4) is 5.69 Å². The van der Waals surface area contributed by atoms with Gasteiger partial charge in [-0.1, -0.05) is 53.7 Å². The molecule has 7 nitrogen and oxygen atoms in total. The SMILES string of the molecule is Cc1nccn1CC[C@@H](NC(=O)c1cn(-c2ccccc2)nn1)c1ccccc1. The Morgan fingerprint density at radius 3 is 2.48 bits per heavy atom. The number of nitrogens with zero attached hydrogens (tertiary/aromatic N) is 5. The standard InChI is InChI=1S/C22H22N6O/c1-17-23-13-15-27(17)14-12-20(18-8-4-2-5-9-18)24-22(29)21-16-28(26-25-21)19-10-6-3-7-11-19/h2-11,13,15-16,20H,12,14H2,1H3,(H,24,29)/t20-/m1/s1. The van der Waals surface area contributed by atoms with E-state index in [0.29, 0.717) is 0 Å². The Morgan fingerprint density at radius 2 is 1.79 bits per heavy atom. The molecule has 0 bridgehead atoms. The Morgan fingerprint density at radius 1 is 1.07 bits per heavy atom. The van der Waals surface area contributed by atoms with E-state index >= 15 is 0 Å². The minimum atomic E-state index is -0.247. The number of hydrogen-bond donors (Lipinski definition) is 1. The maximum Gasteiger partial charge on any atom is 0.273 e. The Hall–Kier alpha value is -3.74. The van der Waals surface area contributed by atoms with Gasteiger partial charge in [0.2, 0.25) is 0 Å². The van der Waals surface area contributed by atoms with Crippen molar-refractivity contribution in [2.45, 2.75) is 25.9 Å². The van der Waals surface area contributed by atoms with Gasteiger partial charge in [0.25, 0.3) is 5.91 Å². The molecule has 0 saturated heterocycles. The van der Waals surface area contributed by atoms with E-state index in [4.69, 9.17) is 0 Å². The summed E-state index contributed by atoms with van der Waals surface area (Å²) < 4.78 is 3.68. The number of amides is 1. The first-order valence-corrected chi connectivity index (χ1v) is 9.52. The van der Waals surface area contributed by atoms with Crippen LogP contribution in [0.15, 0.2) is 79.3 Å². The van der Waals surface area contributed by atoms with Gasteiger partial charge in [0.05, 0.1) is 17.9 Å². The summed E-state index contributed by atoms with van der Waals surface area (Å²) in [6.07, 6.45) is 6.12. The molecule has 0 aliphatic rings. The van der Waals surface area contributed by atoms with Crippen molar-refractivity contribution in [3.05, 3.63) is 96.3 Å². The first-order chi connectivity index (χ1) is 14.2. The number of hydrogen-bond acceptors (Lipinski definition) is 4. The summed E-state index contributed by atoms with van der Waals surface area (Å²) in [5.41, 5.74) is 2.19. The first kappa shape index (κ1) is 18.6. The zero-order valence-electron chi connectivity index (χ0n) is 16.1. The number of para-hydroxylation sites is 1. The highest BCUT2D eigenvalue weighted by atomic mass is 16.2. The molecule has 0 fully saturated rings. The van der Waals surface area contributed by atoms with Crippen molar-refractivity contribution in [1.29, 1.82) is 0 Å². The number of nitrogens with one attached hydrogen (secondary N) is 1. The molecule has 4 rings (SSSR count). The monoisotopic (exact) mass is 386 g/mol. The maximum absolute atomic E-state index is 12.9. The van der Waals surface area contributed by atoms with Gasteiger partial charge in [-0.2, -0.15) is 0 Å². The Labute approximate surface area is 169 Å². The summed E-state index contributed by atoms with van der Waals surface area (Å²) >= 11 is 0. The lowest BCUT2D eigenvalue weighted by atomic mass is 10.0. The summed E-state index contributed by atoms with van der Waals surface area (Å²) in [5, 5.41) is 11.2. The summed E-state index contributed by atoms with van der Waals surface area (Å²) in [6.45, 7) is 2.72. The van der Waals surface area contributed by atoms with E-state index in [1.54, 1.807) is 17.1 Å². The Kier molecular flexibility index (Phi) is 5.47. The smallest absolute Gasteiger partial charge is 0.273 e. The largest absolute Gasteiger partial charge is 0.344 e. The van der Waals surface area contributed by atoms with Crippen molar-refractivity contribution >= 4 is 5.91 Å². The Bertz CT molecular complexity index is 1070. The zero-order valence-corrected chi connectivity index (χ0v) is 16.1. The van der Waals surface area contributed by atoms with Gasteiger partial charge in [0.1, 0.15) is 5.82 Å². The topological polar surface area (TPSA) is 77.6 Å². The second kappa shape index (κ2) is 8.52. The third-order valence-electron chi connectivity index (χ3n) is 4.84. The summed E-state index contributed by atoms with van der Waals surface area (Å²) in [4.78, 5) is 17.1. The third-order valence-corrected chi connectivity index (χ3v) is 4.84. The van der Waals surface area contributed by atoms with Gasteiger partial charge in [-0.25, -0.2) is 9.67 Å². The van der Waals surface area contributed by atoms with Gasteiger partial charge in [0, 0.05) is 18.9 Å². The molecular weight excluding hydrogens is 364 g/mol. The van der Waals surface area contributed by atoms with Crippen LogP contribution in [0.3, 0.4) is 0 Å². The molecular formula is C22H22N6O. The fourth-order valence-corrected chi connectivity index (χ4v) is 3.22. The summed E-state index contributed by atoms with van der Waals surface area (Å²) in [5.74, 6) is 0.706. The van der Waals surface area contributed by atoms with E-state index in [9.17, 15) is 4.79 Å². The molecule has 7 heteroatoms. The van der Waals surface area contributed by atoms with Crippen molar-refractivity contribution in [2.24, 2.45) is 0 Å². The van der Waals surface area contributed by atoms with Crippen molar-refractivity contribution < 1.29 is 4.79 Å². The number of aromatic nitrogens is 5. The minimum Gasteiger partial charge on any atom is -0.344 e. The molecule has 0 aliphatic carbocycles. The highest BCUT2D eigenvalue weighted by molar-refractivity contribution is 5.92.